The van der Waals surface area contributed by atoms with Crippen molar-refractivity contribution in [1.82, 2.24) is 0 Å². The normalized spacial score (nSPS) is 14.1. The van der Waals surface area contributed by atoms with Gasteiger partial charge in [-0.2, -0.15) is 0 Å². The molecular weight excluding hydrogens is 775 g/mol. The van der Waals surface area contributed by atoms with E-state index in [9.17, 15) is 0 Å². The average Bonchev–Trinajstić information content (AvgIpc) is 3.88. The minimum absolute atomic E-state index is 0.0474. The minimum atomic E-state index is 0.0474. The van der Waals surface area contributed by atoms with Crippen molar-refractivity contribution in [2.45, 2.75) is 37.5 Å². The maximum Gasteiger partial charge on any atom is 0.143 e. The summed E-state index contributed by atoms with van der Waals surface area (Å²) in [6.07, 6.45) is 6.21. The lowest BCUT2D eigenvalue weighted by Crippen LogP contribution is -2.28. The summed E-state index contributed by atoms with van der Waals surface area (Å²) >= 11 is 0. The van der Waals surface area contributed by atoms with Crippen LogP contribution in [0.5, 0.6) is 0 Å². The molecule has 0 unspecified atom stereocenters. The summed E-state index contributed by atoms with van der Waals surface area (Å²) in [7, 11) is 0. The van der Waals surface area contributed by atoms with Crippen molar-refractivity contribution in [1.29, 1.82) is 0 Å². The topological polar surface area (TPSA) is 16.4 Å². The molecule has 304 valence electrons. The lowest BCUT2D eigenvalue weighted by atomic mass is 9.68. The second-order valence-corrected chi connectivity index (χ2v) is 17.9. The fourth-order valence-corrected chi connectivity index (χ4v) is 11.5. The molecule has 1 fully saturated rings. The third kappa shape index (κ3) is 5.72. The summed E-state index contributed by atoms with van der Waals surface area (Å²) in [5.74, 6) is 0.895. The molecule has 0 saturated heterocycles. The number of rotatable bonds is 6. The zero-order chi connectivity index (χ0) is 42.2. The number of hydrogen-bond acceptors (Lipinski definition) is 2. The molecule has 0 amide bonds. The van der Waals surface area contributed by atoms with E-state index < -0.39 is 0 Å². The van der Waals surface area contributed by atoms with Crippen molar-refractivity contribution >= 4 is 60.3 Å². The zero-order valence-electron chi connectivity index (χ0n) is 35.6. The SMILES string of the molecule is c1ccc(-c2oc3ccccc3c2-c2ccc(N(c3cccc(-c4ccc5c6ccccc6c6ccccc6c5c4)c3)c3ccc4c(c3)C3(CCCCC3)c3ccccc3-4)cc2)cc1. The Morgan fingerprint density at radius 3 is 1.67 bits per heavy atom. The Morgan fingerprint density at radius 2 is 0.906 bits per heavy atom. The quantitative estimate of drug-likeness (QED) is 0.155. The van der Waals surface area contributed by atoms with Crippen LogP contribution < -0.4 is 4.90 Å². The van der Waals surface area contributed by atoms with Crippen LogP contribution in [-0.2, 0) is 5.41 Å². The molecule has 0 radical (unpaired) electrons. The lowest BCUT2D eigenvalue weighted by molar-refractivity contribution is 0.353. The van der Waals surface area contributed by atoms with Gasteiger partial charge in [0.15, 0.2) is 0 Å². The average molecular weight is 820 g/mol. The van der Waals surface area contributed by atoms with Gasteiger partial charge in [0.05, 0.1) is 0 Å². The van der Waals surface area contributed by atoms with Crippen LogP contribution in [0.2, 0.25) is 0 Å². The predicted molar refractivity (Wildman–Crippen MR) is 269 cm³/mol. The molecule has 2 aliphatic carbocycles. The number of anilines is 3. The Kier molecular flexibility index (Phi) is 8.49. The van der Waals surface area contributed by atoms with Gasteiger partial charge in [0, 0.05) is 39.0 Å². The molecule has 13 rings (SSSR count). The zero-order valence-corrected chi connectivity index (χ0v) is 35.6. The summed E-state index contributed by atoms with van der Waals surface area (Å²) in [4.78, 5) is 2.47. The third-order valence-corrected chi connectivity index (χ3v) is 14.4. The van der Waals surface area contributed by atoms with Gasteiger partial charge in [0.2, 0.25) is 0 Å². The molecule has 0 aliphatic heterocycles. The van der Waals surface area contributed by atoms with Crippen LogP contribution in [0.4, 0.5) is 17.1 Å². The Balaban J connectivity index is 0.981. The second-order valence-electron chi connectivity index (χ2n) is 17.9. The van der Waals surface area contributed by atoms with Gasteiger partial charge < -0.3 is 9.32 Å². The molecule has 10 aromatic carbocycles. The van der Waals surface area contributed by atoms with Crippen molar-refractivity contribution in [3.05, 3.63) is 223 Å². The third-order valence-electron chi connectivity index (χ3n) is 14.4. The van der Waals surface area contributed by atoms with Crippen molar-refractivity contribution in [3.63, 3.8) is 0 Å². The molecule has 1 spiro atoms. The molecular formula is C62H45NO. The van der Waals surface area contributed by atoms with E-state index in [-0.39, 0.29) is 5.41 Å². The highest BCUT2D eigenvalue weighted by Gasteiger charge is 2.44. The van der Waals surface area contributed by atoms with Gasteiger partial charge in [-0.3, -0.25) is 0 Å². The minimum Gasteiger partial charge on any atom is -0.455 e. The number of nitrogens with zero attached hydrogens (tertiary/aromatic N) is 1. The molecule has 2 nitrogen and oxygen atoms in total. The molecule has 64 heavy (non-hydrogen) atoms. The van der Waals surface area contributed by atoms with Crippen molar-refractivity contribution in [2.75, 3.05) is 4.90 Å². The largest absolute Gasteiger partial charge is 0.455 e. The number of benzene rings is 10. The molecule has 0 bridgehead atoms. The van der Waals surface area contributed by atoms with E-state index in [4.69, 9.17) is 4.42 Å². The smallest absolute Gasteiger partial charge is 0.143 e. The summed E-state index contributed by atoms with van der Waals surface area (Å²) in [6, 6.07) is 78.4. The monoisotopic (exact) mass is 819 g/mol. The summed E-state index contributed by atoms with van der Waals surface area (Å²) < 4.78 is 6.60. The first-order chi connectivity index (χ1) is 31.7. The predicted octanol–water partition coefficient (Wildman–Crippen LogP) is 17.6. The van der Waals surface area contributed by atoms with Crippen LogP contribution >= 0.6 is 0 Å². The molecule has 2 heteroatoms. The van der Waals surface area contributed by atoms with Gasteiger partial charge in [-0.1, -0.05) is 183 Å². The Hall–Kier alpha value is -7.68. The van der Waals surface area contributed by atoms with Crippen LogP contribution in [-0.4, -0.2) is 0 Å². The number of fused-ring (bicyclic) bond motifs is 12. The Bertz CT molecular complexity index is 3560. The highest BCUT2D eigenvalue weighted by Crippen LogP contribution is 2.57. The van der Waals surface area contributed by atoms with Gasteiger partial charge >= 0.3 is 0 Å². The van der Waals surface area contributed by atoms with Gasteiger partial charge in [0.1, 0.15) is 11.3 Å². The Labute approximate surface area is 373 Å². The van der Waals surface area contributed by atoms with Gasteiger partial charge in [0.25, 0.3) is 0 Å². The van der Waals surface area contributed by atoms with E-state index >= 15 is 0 Å². The molecule has 11 aromatic rings. The molecule has 0 N–H and O–H groups in total. The second kappa shape index (κ2) is 14.7. The standard InChI is InChI=1S/C62H45NO/c1-3-16-42(17-4-1)61-60(55-25-10-12-27-59(55)64-61)41-28-31-45(32-29-41)63(47-33-35-54-53-24-9-11-26-57(53)62(58(54)40-47)36-13-2-14-37-62)46-19-15-18-43(38-46)44-30-34-52-50-22-6-5-20-48(50)49-21-7-8-23-51(49)56(52)39-44/h1,3-12,15-35,38-40H,2,13-14,36-37H2. The highest BCUT2D eigenvalue weighted by atomic mass is 16.3. The maximum absolute atomic E-state index is 6.60. The Morgan fingerprint density at radius 1 is 0.344 bits per heavy atom. The molecule has 1 heterocycles. The van der Waals surface area contributed by atoms with Crippen LogP contribution in [0.25, 0.3) is 88.0 Å². The van der Waals surface area contributed by atoms with Gasteiger partial charge in [-0.15, -0.1) is 0 Å². The van der Waals surface area contributed by atoms with E-state index in [1.807, 2.05) is 6.07 Å². The maximum atomic E-state index is 6.60. The highest BCUT2D eigenvalue weighted by molar-refractivity contribution is 6.25. The number of para-hydroxylation sites is 1. The fraction of sp³-hybridized carbons (Fsp3) is 0.0968. The van der Waals surface area contributed by atoms with Crippen LogP contribution in [0.1, 0.15) is 43.2 Å². The van der Waals surface area contributed by atoms with E-state index in [0.29, 0.717) is 0 Å². The van der Waals surface area contributed by atoms with Gasteiger partial charge in [-0.25, -0.2) is 0 Å². The molecule has 1 saturated carbocycles. The van der Waals surface area contributed by atoms with Crippen LogP contribution in [0.3, 0.4) is 0 Å². The number of hydrogen-bond donors (Lipinski definition) is 0. The van der Waals surface area contributed by atoms with Gasteiger partial charge in [-0.05, 0) is 133 Å². The number of furan rings is 1. The van der Waals surface area contributed by atoms with E-state index in [1.54, 1.807) is 0 Å². The van der Waals surface area contributed by atoms with Crippen molar-refractivity contribution in [2.24, 2.45) is 0 Å². The van der Waals surface area contributed by atoms with Crippen molar-refractivity contribution < 1.29 is 4.42 Å². The van der Waals surface area contributed by atoms with Crippen LogP contribution in [0, 0.1) is 0 Å². The van der Waals surface area contributed by atoms with Crippen LogP contribution in [0.15, 0.2) is 217 Å². The van der Waals surface area contributed by atoms with E-state index in [2.05, 4.69) is 211 Å². The summed E-state index contributed by atoms with van der Waals surface area (Å²) in [5.41, 5.74) is 15.9. The van der Waals surface area contributed by atoms with E-state index in [0.717, 1.165) is 44.8 Å². The fourth-order valence-electron chi connectivity index (χ4n) is 11.5. The molecule has 0 atom stereocenters. The lowest BCUT2D eigenvalue weighted by Gasteiger charge is -2.36. The van der Waals surface area contributed by atoms with E-state index in [1.165, 1.54) is 103 Å². The molecule has 2 aliphatic rings. The first-order valence-corrected chi connectivity index (χ1v) is 22.9. The first kappa shape index (κ1) is 36.9. The summed E-state index contributed by atoms with van der Waals surface area (Å²) in [6.45, 7) is 0. The summed E-state index contributed by atoms with van der Waals surface area (Å²) in [5, 5.41) is 8.85. The molecule has 1 aromatic heterocycles. The first-order valence-electron chi connectivity index (χ1n) is 22.9. The van der Waals surface area contributed by atoms with Crippen molar-refractivity contribution in [3.8, 4) is 44.7 Å².